The molecule has 3 aromatic rings. The van der Waals surface area contributed by atoms with Crippen LogP contribution in [0.5, 0.6) is 28.7 Å². The van der Waals surface area contributed by atoms with E-state index in [1.807, 2.05) is 36.4 Å². The number of hydrogen-bond acceptors (Lipinski definition) is 9. The van der Waals surface area contributed by atoms with Gasteiger partial charge in [0, 0.05) is 12.5 Å². The number of anilines is 1. The topological polar surface area (TPSA) is 133 Å². The number of carbonyl (C=O) groups is 2. The zero-order valence-electron chi connectivity index (χ0n) is 25.4. The molecule has 1 aliphatic carbocycles. The zero-order chi connectivity index (χ0) is 31.4. The highest BCUT2D eigenvalue weighted by atomic mass is 16.6. The highest BCUT2D eigenvalue weighted by molar-refractivity contribution is 5.85. The average molecular weight is 604 g/mol. The Hall–Kier alpha value is -4.93. The Labute approximate surface area is 255 Å². The highest BCUT2D eigenvalue weighted by Gasteiger charge is 2.30. The summed E-state index contributed by atoms with van der Waals surface area (Å²) < 4.78 is 28.7. The van der Waals surface area contributed by atoms with Gasteiger partial charge in [0.2, 0.25) is 23.0 Å². The van der Waals surface area contributed by atoms with E-state index in [0.717, 1.165) is 11.1 Å². The van der Waals surface area contributed by atoms with Crippen molar-refractivity contribution in [3.63, 3.8) is 0 Å². The second-order valence-electron chi connectivity index (χ2n) is 10.7. The van der Waals surface area contributed by atoms with Crippen LogP contribution in [0.1, 0.15) is 37.4 Å². The Balaban J connectivity index is 1.43. The van der Waals surface area contributed by atoms with E-state index in [0.29, 0.717) is 59.3 Å². The number of methoxy groups -OCH3 is 3. The molecule has 44 heavy (non-hydrogen) atoms. The highest BCUT2D eigenvalue weighted by Crippen LogP contribution is 2.50. The van der Waals surface area contributed by atoms with Crippen molar-refractivity contribution in [1.82, 2.24) is 10.6 Å². The van der Waals surface area contributed by atoms with E-state index in [2.05, 4.69) is 16.0 Å². The molecule has 3 aromatic carbocycles. The standard InChI is InChI=1S/C33H37N3O8/c1-18(33(39)34-16-21-17-43-27-8-6-7-9-28(27)44-21)35-25-13-11-22-23(15-26(25)38)24(36-19(2)37)12-10-20-14-29(40-3)31(41-4)32(42-5)30(20)22/h6-9,11,13-15,18,21,24H,10,12,16-17H2,1-5H3,(H,34,39)(H,35,38)(H,36,37)/t18-,21-,24-/m0/s1. The Morgan fingerprint density at radius 1 is 1.00 bits per heavy atom. The van der Waals surface area contributed by atoms with Gasteiger partial charge in [0.25, 0.3) is 0 Å². The fourth-order valence-electron chi connectivity index (χ4n) is 5.66. The van der Waals surface area contributed by atoms with Crippen molar-refractivity contribution in [1.29, 1.82) is 0 Å². The molecule has 0 saturated carbocycles. The summed E-state index contributed by atoms with van der Waals surface area (Å²) in [4.78, 5) is 38.8. The fourth-order valence-corrected chi connectivity index (χ4v) is 5.66. The van der Waals surface area contributed by atoms with Crippen LogP contribution in [0, 0.1) is 0 Å². The summed E-state index contributed by atoms with van der Waals surface area (Å²) in [5.41, 5.74) is 2.90. The van der Waals surface area contributed by atoms with Gasteiger partial charge >= 0.3 is 0 Å². The first-order valence-electron chi connectivity index (χ1n) is 14.4. The molecule has 0 fully saturated rings. The van der Waals surface area contributed by atoms with Gasteiger partial charge in [-0.3, -0.25) is 14.4 Å². The lowest BCUT2D eigenvalue weighted by molar-refractivity contribution is -0.122. The maximum atomic E-state index is 13.6. The van der Waals surface area contributed by atoms with Crippen LogP contribution < -0.4 is 45.1 Å². The van der Waals surface area contributed by atoms with E-state index in [1.54, 1.807) is 27.2 Å². The molecule has 2 aliphatic rings. The lowest BCUT2D eigenvalue weighted by Crippen LogP contribution is -2.45. The Bertz CT molecular complexity index is 1630. The Morgan fingerprint density at radius 2 is 1.75 bits per heavy atom. The first-order valence-corrected chi connectivity index (χ1v) is 14.4. The zero-order valence-corrected chi connectivity index (χ0v) is 25.4. The SMILES string of the molecule is COc1cc2c(c(OC)c1OC)-c1ccc(N[C@@H](C)C(=O)NC[C@H]3COc4ccccc4O3)c(=O)cc1[C@@H](NC(C)=O)CC2. The molecule has 1 heterocycles. The monoisotopic (exact) mass is 603 g/mol. The van der Waals surface area contributed by atoms with Crippen LogP contribution in [0.2, 0.25) is 0 Å². The van der Waals surface area contributed by atoms with Crippen LogP contribution in [0.25, 0.3) is 11.1 Å². The molecule has 0 radical (unpaired) electrons. The lowest BCUT2D eigenvalue weighted by atomic mass is 9.95. The van der Waals surface area contributed by atoms with Crippen molar-refractivity contribution in [2.24, 2.45) is 0 Å². The smallest absolute Gasteiger partial charge is 0.242 e. The summed E-state index contributed by atoms with van der Waals surface area (Å²) in [5.74, 6) is 2.18. The average Bonchev–Trinajstić information content (AvgIpc) is 3.26. The van der Waals surface area contributed by atoms with Gasteiger partial charge in [-0.05, 0) is 66.8 Å². The van der Waals surface area contributed by atoms with Crippen molar-refractivity contribution in [2.75, 3.05) is 39.8 Å². The van der Waals surface area contributed by atoms with Crippen molar-refractivity contribution in [2.45, 2.75) is 44.9 Å². The van der Waals surface area contributed by atoms with E-state index in [1.165, 1.54) is 20.1 Å². The van der Waals surface area contributed by atoms with Gasteiger partial charge in [-0.15, -0.1) is 0 Å². The molecule has 11 nitrogen and oxygen atoms in total. The first-order chi connectivity index (χ1) is 21.2. The van der Waals surface area contributed by atoms with Crippen molar-refractivity contribution < 1.29 is 33.3 Å². The molecule has 3 N–H and O–H groups in total. The molecular formula is C33H37N3O8. The largest absolute Gasteiger partial charge is 0.493 e. The molecule has 0 saturated heterocycles. The number of rotatable bonds is 9. The van der Waals surface area contributed by atoms with Crippen molar-refractivity contribution in [3.05, 3.63) is 69.9 Å². The van der Waals surface area contributed by atoms with Gasteiger partial charge < -0.3 is 39.6 Å². The molecular weight excluding hydrogens is 566 g/mol. The molecule has 0 aromatic heterocycles. The van der Waals surface area contributed by atoms with Crippen molar-refractivity contribution >= 4 is 17.5 Å². The summed E-state index contributed by atoms with van der Waals surface area (Å²) in [6.07, 6.45) is 0.783. The predicted octanol–water partition coefficient (Wildman–Crippen LogP) is 3.62. The third-order valence-electron chi connectivity index (χ3n) is 7.75. The molecule has 0 spiro atoms. The first kappa shape index (κ1) is 30.5. The normalized spacial score (nSPS) is 17.1. The quantitative estimate of drug-likeness (QED) is 0.335. The van der Waals surface area contributed by atoms with Crippen LogP contribution in [-0.2, 0) is 16.0 Å². The van der Waals surface area contributed by atoms with Crippen LogP contribution in [0.4, 0.5) is 5.69 Å². The van der Waals surface area contributed by atoms with E-state index >= 15 is 0 Å². The van der Waals surface area contributed by atoms with Gasteiger partial charge in [-0.1, -0.05) is 18.2 Å². The number of fused-ring (bicyclic) bond motifs is 4. The second kappa shape index (κ2) is 13.2. The van der Waals surface area contributed by atoms with Gasteiger partial charge in [-0.2, -0.15) is 0 Å². The second-order valence-corrected chi connectivity index (χ2v) is 10.7. The van der Waals surface area contributed by atoms with E-state index in [9.17, 15) is 14.4 Å². The molecule has 11 heteroatoms. The number of hydrogen-bond donors (Lipinski definition) is 3. The third-order valence-corrected chi connectivity index (χ3v) is 7.75. The number of aryl methyl sites for hydroxylation is 1. The van der Waals surface area contributed by atoms with Gasteiger partial charge in [0.05, 0.1) is 39.6 Å². The fraction of sp³-hybridized carbons (Fsp3) is 0.364. The number of benzene rings is 2. The van der Waals surface area contributed by atoms with E-state index in [4.69, 9.17) is 23.7 Å². The van der Waals surface area contributed by atoms with Crippen LogP contribution >= 0.6 is 0 Å². The summed E-state index contributed by atoms with van der Waals surface area (Å²) in [7, 11) is 4.64. The number of carbonyl (C=O) groups excluding carboxylic acids is 2. The summed E-state index contributed by atoms with van der Waals surface area (Å²) >= 11 is 0. The molecule has 3 atom stereocenters. The Kier molecular flexibility index (Phi) is 9.12. The van der Waals surface area contributed by atoms with Crippen LogP contribution in [-0.4, -0.2) is 58.4 Å². The minimum atomic E-state index is -0.737. The Morgan fingerprint density at radius 3 is 2.45 bits per heavy atom. The summed E-state index contributed by atoms with van der Waals surface area (Å²) in [6, 6.07) is 13.1. The molecule has 2 amide bonds. The number of ether oxygens (including phenoxy) is 5. The summed E-state index contributed by atoms with van der Waals surface area (Å²) in [5, 5.41) is 8.93. The molecule has 1 aliphatic heterocycles. The maximum Gasteiger partial charge on any atom is 0.242 e. The van der Waals surface area contributed by atoms with E-state index < -0.39 is 12.1 Å². The van der Waals surface area contributed by atoms with Crippen LogP contribution in [0.15, 0.2) is 53.3 Å². The predicted molar refractivity (Wildman–Crippen MR) is 165 cm³/mol. The molecule has 0 bridgehead atoms. The van der Waals surface area contributed by atoms with Gasteiger partial charge in [-0.25, -0.2) is 0 Å². The van der Waals surface area contributed by atoms with Gasteiger partial charge in [0.15, 0.2) is 23.0 Å². The number of nitrogens with one attached hydrogen (secondary N) is 3. The molecule has 0 unspecified atom stereocenters. The lowest BCUT2D eigenvalue weighted by Gasteiger charge is -2.27. The minimum absolute atomic E-state index is 0.215. The third kappa shape index (κ3) is 6.22. The maximum absolute atomic E-state index is 13.6. The van der Waals surface area contributed by atoms with Gasteiger partial charge in [0.1, 0.15) is 18.8 Å². The number of para-hydroxylation sites is 2. The van der Waals surface area contributed by atoms with Crippen molar-refractivity contribution in [3.8, 4) is 39.9 Å². The van der Waals surface area contributed by atoms with Crippen LogP contribution in [0.3, 0.4) is 0 Å². The number of amides is 2. The minimum Gasteiger partial charge on any atom is -0.493 e. The van der Waals surface area contributed by atoms with E-state index in [-0.39, 0.29) is 35.6 Å². The molecule has 232 valence electrons. The molecule has 5 rings (SSSR count). The summed E-state index contributed by atoms with van der Waals surface area (Å²) in [6.45, 7) is 3.67.